The minimum atomic E-state index is -1.10. The van der Waals surface area contributed by atoms with Gasteiger partial charge in [-0.1, -0.05) is 30.7 Å². The van der Waals surface area contributed by atoms with E-state index in [-0.39, 0.29) is 23.3 Å². The summed E-state index contributed by atoms with van der Waals surface area (Å²) in [6, 6.07) is 8.50. The summed E-state index contributed by atoms with van der Waals surface area (Å²) < 4.78 is 5.48. The first-order chi connectivity index (χ1) is 11.3. The topological polar surface area (TPSA) is 70.8 Å². The Hall–Kier alpha value is -2.27. The lowest BCUT2D eigenvalue weighted by Gasteiger charge is -2.26. The van der Waals surface area contributed by atoms with Crippen LogP contribution in [0.4, 0.5) is 0 Å². The molecule has 1 heterocycles. The average molecular weight is 350 g/mol. The third kappa shape index (κ3) is 3.97. The molecule has 0 saturated heterocycles. The highest BCUT2D eigenvalue weighted by atomic mass is 35.5. The predicted octanol–water partition coefficient (Wildman–Crippen LogP) is 4.24. The second-order valence-electron chi connectivity index (χ2n) is 5.76. The van der Waals surface area contributed by atoms with Gasteiger partial charge in [0.05, 0.1) is 0 Å². The van der Waals surface area contributed by atoms with Gasteiger partial charge < -0.3 is 14.4 Å². The second-order valence-corrected chi connectivity index (χ2v) is 6.20. The molecule has 1 N–H and O–H groups in total. The molecule has 0 aliphatic rings. The van der Waals surface area contributed by atoms with Crippen molar-refractivity contribution in [2.24, 2.45) is 0 Å². The van der Waals surface area contributed by atoms with Gasteiger partial charge in [0.25, 0.3) is 5.91 Å². The number of rotatable bonds is 6. The van der Waals surface area contributed by atoms with Crippen LogP contribution in [0.2, 0.25) is 5.02 Å². The molecular formula is C18H20ClNO4. The molecule has 0 fully saturated rings. The number of carboxylic acids is 1. The summed E-state index contributed by atoms with van der Waals surface area (Å²) in [5, 5.41) is 9.81. The third-order valence-corrected chi connectivity index (χ3v) is 3.93. The van der Waals surface area contributed by atoms with Crippen molar-refractivity contribution in [2.75, 3.05) is 0 Å². The van der Waals surface area contributed by atoms with Gasteiger partial charge >= 0.3 is 5.97 Å². The van der Waals surface area contributed by atoms with Crippen LogP contribution >= 0.6 is 11.6 Å². The zero-order valence-corrected chi connectivity index (χ0v) is 14.6. The van der Waals surface area contributed by atoms with Crippen LogP contribution in [0.5, 0.6) is 0 Å². The van der Waals surface area contributed by atoms with E-state index in [9.17, 15) is 14.7 Å². The summed E-state index contributed by atoms with van der Waals surface area (Å²) in [4.78, 5) is 25.7. The minimum absolute atomic E-state index is 0.0345. The summed E-state index contributed by atoms with van der Waals surface area (Å²) >= 11 is 5.99. The molecule has 128 valence electrons. The Labute approximate surface area is 145 Å². The maximum atomic E-state index is 12.8. The zero-order valence-electron chi connectivity index (χ0n) is 13.9. The van der Waals surface area contributed by atoms with Crippen molar-refractivity contribution in [3.8, 4) is 0 Å². The number of hydrogen-bond donors (Lipinski definition) is 1. The lowest BCUT2D eigenvalue weighted by molar-refractivity contribution is 0.0653. The molecule has 24 heavy (non-hydrogen) atoms. The Morgan fingerprint density at radius 3 is 2.50 bits per heavy atom. The molecule has 1 aromatic carbocycles. The SMILES string of the molecule is CCc1oc(C(=O)N(Cc2cccc(Cl)c2)C(C)C)cc1C(=O)O. The van der Waals surface area contributed by atoms with Crippen LogP contribution in [0.15, 0.2) is 34.7 Å². The lowest BCUT2D eigenvalue weighted by atomic mass is 10.1. The van der Waals surface area contributed by atoms with E-state index < -0.39 is 5.97 Å². The van der Waals surface area contributed by atoms with Gasteiger partial charge in [-0.15, -0.1) is 0 Å². The molecule has 0 bridgehead atoms. The summed E-state index contributed by atoms with van der Waals surface area (Å²) in [5.74, 6) is -1.09. The largest absolute Gasteiger partial charge is 0.478 e. The minimum Gasteiger partial charge on any atom is -0.478 e. The Morgan fingerprint density at radius 2 is 2.00 bits per heavy atom. The quantitative estimate of drug-likeness (QED) is 0.846. The second kappa shape index (κ2) is 7.53. The van der Waals surface area contributed by atoms with Crippen molar-refractivity contribution in [3.05, 3.63) is 58.0 Å². The first-order valence-corrected chi connectivity index (χ1v) is 8.12. The summed E-state index contributed by atoms with van der Waals surface area (Å²) in [7, 11) is 0. The molecule has 0 unspecified atom stereocenters. The molecule has 5 nitrogen and oxygen atoms in total. The normalized spacial score (nSPS) is 10.9. The van der Waals surface area contributed by atoms with Gasteiger partial charge in [0, 0.05) is 30.1 Å². The van der Waals surface area contributed by atoms with Gasteiger partial charge in [0.15, 0.2) is 5.76 Å². The van der Waals surface area contributed by atoms with Crippen molar-refractivity contribution < 1.29 is 19.1 Å². The van der Waals surface area contributed by atoms with Crippen LogP contribution in [0.1, 0.15) is 53.0 Å². The van der Waals surface area contributed by atoms with E-state index in [1.165, 1.54) is 6.07 Å². The lowest BCUT2D eigenvalue weighted by Crippen LogP contribution is -2.36. The molecule has 1 amide bonds. The van der Waals surface area contributed by atoms with Crippen LogP contribution < -0.4 is 0 Å². The van der Waals surface area contributed by atoms with E-state index in [1.54, 1.807) is 24.0 Å². The van der Waals surface area contributed by atoms with Gasteiger partial charge in [-0.3, -0.25) is 4.79 Å². The van der Waals surface area contributed by atoms with Crippen LogP contribution in [0.3, 0.4) is 0 Å². The number of benzene rings is 1. The number of aromatic carboxylic acids is 1. The molecule has 0 radical (unpaired) electrons. The van der Waals surface area contributed by atoms with Crippen LogP contribution in [-0.4, -0.2) is 27.9 Å². The number of amides is 1. The van der Waals surface area contributed by atoms with E-state index in [2.05, 4.69) is 0 Å². The third-order valence-electron chi connectivity index (χ3n) is 3.70. The van der Waals surface area contributed by atoms with E-state index in [4.69, 9.17) is 16.0 Å². The number of carboxylic acid groups (broad SMARTS) is 1. The van der Waals surface area contributed by atoms with Crippen LogP contribution in [0.25, 0.3) is 0 Å². The maximum Gasteiger partial charge on any atom is 0.339 e. The highest BCUT2D eigenvalue weighted by Crippen LogP contribution is 2.21. The number of halogens is 1. The fourth-order valence-electron chi connectivity index (χ4n) is 2.44. The molecule has 2 rings (SSSR count). The molecule has 0 aliphatic carbocycles. The maximum absolute atomic E-state index is 12.8. The first kappa shape index (κ1) is 18.1. The van der Waals surface area contributed by atoms with Crippen molar-refractivity contribution >= 4 is 23.5 Å². The molecule has 0 aliphatic heterocycles. The molecule has 0 spiro atoms. The number of furan rings is 1. The molecule has 6 heteroatoms. The van der Waals surface area contributed by atoms with E-state index >= 15 is 0 Å². The predicted molar refractivity (Wildman–Crippen MR) is 91.5 cm³/mol. The Morgan fingerprint density at radius 1 is 1.29 bits per heavy atom. The number of hydrogen-bond acceptors (Lipinski definition) is 3. The number of carbonyl (C=O) groups excluding carboxylic acids is 1. The molecule has 1 aromatic heterocycles. The Kier molecular flexibility index (Phi) is 5.67. The highest BCUT2D eigenvalue weighted by molar-refractivity contribution is 6.30. The van der Waals surface area contributed by atoms with Crippen molar-refractivity contribution in [3.63, 3.8) is 0 Å². The summed E-state index contributed by atoms with van der Waals surface area (Å²) in [5.41, 5.74) is 0.928. The molecule has 2 aromatic rings. The molecular weight excluding hydrogens is 330 g/mol. The van der Waals surface area contributed by atoms with Gasteiger partial charge in [-0.2, -0.15) is 0 Å². The smallest absolute Gasteiger partial charge is 0.339 e. The van der Waals surface area contributed by atoms with Crippen LogP contribution in [-0.2, 0) is 13.0 Å². The fourth-order valence-corrected chi connectivity index (χ4v) is 2.65. The average Bonchev–Trinajstić information content (AvgIpc) is 2.96. The summed E-state index contributed by atoms with van der Waals surface area (Å²) in [6.45, 7) is 5.93. The fraction of sp³-hybridized carbons (Fsp3) is 0.333. The van der Waals surface area contributed by atoms with Crippen molar-refractivity contribution in [2.45, 2.75) is 39.8 Å². The van der Waals surface area contributed by atoms with Crippen molar-refractivity contribution in [1.29, 1.82) is 0 Å². The number of aryl methyl sites for hydroxylation is 1. The number of carbonyl (C=O) groups is 2. The van der Waals surface area contributed by atoms with E-state index in [1.807, 2.05) is 26.0 Å². The van der Waals surface area contributed by atoms with E-state index in [0.717, 1.165) is 5.56 Å². The van der Waals surface area contributed by atoms with Crippen LogP contribution in [0, 0.1) is 0 Å². The van der Waals surface area contributed by atoms with Crippen molar-refractivity contribution in [1.82, 2.24) is 4.90 Å². The van der Waals surface area contributed by atoms with Gasteiger partial charge in [-0.05, 0) is 31.5 Å². The van der Waals surface area contributed by atoms with Gasteiger partial charge in [-0.25, -0.2) is 4.79 Å². The van der Waals surface area contributed by atoms with E-state index in [0.29, 0.717) is 23.7 Å². The Bertz CT molecular complexity index is 751. The molecule has 0 atom stereocenters. The standard InChI is InChI=1S/C18H20ClNO4/c1-4-15-14(18(22)23)9-16(24-15)17(21)20(11(2)3)10-12-6-5-7-13(19)8-12/h5-9,11H,4,10H2,1-3H3,(H,22,23). The molecule has 0 saturated carbocycles. The monoisotopic (exact) mass is 349 g/mol. The Balaban J connectivity index is 2.31. The highest BCUT2D eigenvalue weighted by Gasteiger charge is 2.25. The van der Waals surface area contributed by atoms with Gasteiger partial charge in [0.1, 0.15) is 11.3 Å². The summed E-state index contributed by atoms with van der Waals surface area (Å²) in [6.07, 6.45) is 0.408. The van der Waals surface area contributed by atoms with Gasteiger partial charge in [0.2, 0.25) is 0 Å². The number of nitrogens with zero attached hydrogens (tertiary/aromatic N) is 1. The first-order valence-electron chi connectivity index (χ1n) is 7.74. The zero-order chi connectivity index (χ0) is 17.9.